The van der Waals surface area contributed by atoms with Crippen molar-refractivity contribution in [1.82, 2.24) is 9.80 Å². The van der Waals surface area contributed by atoms with Crippen molar-refractivity contribution in [3.63, 3.8) is 0 Å². The molecule has 190 valence electrons. The largest absolute Gasteiger partial charge is 0.492 e. The number of halogens is 2. The average Bonchev–Trinajstić information content (AvgIpc) is 3.16. The number of carbonyl (C=O) groups excluding carboxylic acids is 1. The van der Waals surface area contributed by atoms with Crippen LogP contribution in [0.3, 0.4) is 0 Å². The fourth-order valence-corrected chi connectivity index (χ4v) is 5.46. The Morgan fingerprint density at radius 2 is 1.86 bits per heavy atom. The number of likely N-dealkylation sites (tertiary alicyclic amines) is 1. The molecule has 0 aromatic heterocycles. The van der Waals surface area contributed by atoms with E-state index in [1.54, 1.807) is 11.9 Å². The van der Waals surface area contributed by atoms with Gasteiger partial charge in [-0.25, -0.2) is 4.79 Å². The minimum atomic E-state index is -0.531. The topological polar surface area (TPSA) is 42.0 Å². The fourth-order valence-electron chi connectivity index (χ4n) is 5.16. The van der Waals surface area contributed by atoms with Gasteiger partial charge >= 0.3 is 6.09 Å². The van der Waals surface area contributed by atoms with Crippen LogP contribution in [0.15, 0.2) is 42.5 Å². The molecule has 2 aliphatic rings. The molecule has 7 heteroatoms. The molecule has 1 fully saturated rings. The fraction of sp³-hybridized carbons (Fsp3) is 0.536. The smallest absolute Gasteiger partial charge is 0.410 e. The molecular formula is C28H36Cl2N2O3. The van der Waals surface area contributed by atoms with Gasteiger partial charge in [0.25, 0.3) is 0 Å². The molecule has 1 saturated heterocycles. The van der Waals surface area contributed by atoms with Crippen molar-refractivity contribution in [2.24, 2.45) is 0 Å². The lowest BCUT2D eigenvalue weighted by Crippen LogP contribution is -2.44. The summed E-state index contributed by atoms with van der Waals surface area (Å²) in [5.41, 5.74) is 2.07. The van der Waals surface area contributed by atoms with Crippen LogP contribution in [0.5, 0.6) is 5.75 Å². The van der Waals surface area contributed by atoms with Gasteiger partial charge in [-0.3, -0.25) is 0 Å². The molecule has 1 spiro atoms. The van der Waals surface area contributed by atoms with Crippen LogP contribution in [0, 0.1) is 0 Å². The van der Waals surface area contributed by atoms with Gasteiger partial charge in [0, 0.05) is 30.5 Å². The quantitative estimate of drug-likeness (QED) is 0.423. The molecule has 0 bridgehead atoms. The summed E-state index contributed by atoms with van der Waals surface area (Å²) in [7, 11) is 1.79. The molecule has 0 saturated carbocycles. The number of amides is 1. The molecule has 0 N–H and O–H groups in total. The maximum Gasteiger partial charge on any atom is 0.410 e. The minimum Gasteiger partial charge on any atom is -0.492 e. The number of hydrogen-bond donors (Lipinski definition) is 0. The first kappa shape index (κ1) is 26.1. The van der Waals surface area contributed by atoms with Crippen LogP contribution >= 0.6 is 23.2 Å². The van der Waals surface area contributed by atoms with E-state index in [1.165, 1.54) is 5.56 Å². The Morgan fingerprint density at radius 1 is 1.14 bits per heavy atom. The monoisotopic (exact) mass is 518 g/mol. The summed E-state index contributed by atoms with van der Waals surface area (Å²) in [6.45, 7) is 10.00. The summed E-state index contributed by atoms with van der Waals surface area (Å²) in [6, 6.07) is 14.2. The van der Waals surface area contributed by atoms with Crippen LogP contribution in [0.2, 0.25) is 10.0 Å². The summed E-state index contributed by atoms with van der Waals surface area (Å²) < 4.78 is 11.6. The van der Waals surface area contributed by atoms with E-state index >= 15 is 0 Å². The molecule has 2 aromatic rings. The summed E-state index contributed by atoms with van der Waals surface area (Å²) >= 11 is 12.5. The number of hydrogen-bond acceptors (Lipinski definition) is 4. The van der Waals surface area contributed by atoms with Crippen LogP contribution in [0.25, 0.3) is 0 Å². The van der Waals surface area contributed by atoms with Crippen LogP contribution in [0.4, 0.5) is 4.79 Å². The first-order valence-corrected chi connectivity index (χ1v) is 13.2. The summed E-state index contributed by atoms with van der Waals surface area (Å²) in [4.78, 5) is 16.8. The highest BCUT2D eigenvalue weighted by molar-refractivity contribution is 6.42. The number of ether oxygens (including phenoxy) is 2. The highest BCUT2D eigenvalue weighted by Crippen LogP contribution is 2.45. The Balaban J connectivity index is 1.40. The number of likely N-dealkylation sites (N-methyl/N-ethyl adjacent to an activating group) is 1. The molecule has 1 unspecified atom stereocenters. The van der Waals surface area contributed by atoms with Gasteiger partial charge in [0.2, 0.25) is 0 Å². The highest BCUT2D eigenvalue weighted by atomic mass is 35.5. The lowest BCUT2D eigenvalue weighted by Gasteiger charge is -2.39. The molecule has 0 radical (unpaired) electrons. The van der Waals surface area contributed by atoms with Crippen molar-refractivity contribution in [2.45, 2.75) is 57.0 Å². The second-order valence-electron chi connectivity index (χ2n) is 10.9. The molecule has 2 aromatic carbocycles. The summed E-state index contributed by atoms with van der Waals surface area (Å²) in [5.74, 6) is 1.17. The second-order valence-corrected chi connectivity index (χ2v) is 11.7. The van der Waals surface area contributed by atoms with Gasteiger partial charge in [0.1, 0.15) is 11.4 Å². The van der Waals surface area contributed by atoms with Crippen LogP contribution in [-0.4, -0.2) is 61.3 Å². The predicted molar refractivity (Wildman–Crippen MR) is 142 cm³/mol. The van der Waals surface area contributed by atoms with Crippen LogP contribution in [0.1, 0.15) is 57.1 Å². The molecule has 5 nitrogen and oxygen atoms in total. The van der Waals surface area contributed by atoms with Gasteiger partial charge in [-0.05, 0) is 83.4 Å². The Morgan fingerprint density at radius 3 is 2.54 bits per heavy atom. The van der Waals surface area contributed by atoms with Crippen molar-refractivity contribution >= 4 is 29.3 Å². The Kier molecular flexibility index (Phi) is 7.89. The SMILES string of the molecule is CN(CC(CCN1CCC2(CC1)COc1ccccc12)c1ccc(Cl)c(Cl)c1)C(=O)OC(C)(C)C. The van der Waals surface area contributed by atoms with Gasteiger partial charge in [0.15, 0.2) is 0 Å². The Labute approximate surface area is 219 Å². The Bertz CT molecular complexity index is 1040. The number of nitrogens with zero attached hydrogens (tertiary/aromatic N) is 2. The number of rotatable bonds is 6. The van der Waals surface area contributed by atoms with Crippen molar-refractivity contribution in [2.75, 3.05) is 39.8 Å². The number of carbonyl (C=O) groups is 1. The summed E-state index contributed by atoms with van der Waals surface area (Å²) in [5, 5.41) is 1.07. The lowest BCUT2D eigenvalue weighted by atomic mass is 9.74. The van der Waals surface area contributed by atoms with Gasteiger partial charge < -0.3 is 19.3 Å². The van der Waals surface area contributed by atoms with Gasteiger partial charge in [0.05, 0.1) is 16.7 Å². The molecule has 1 amide bonds. The molecule has 4 rings (SSSR count). The first-order chi connectivity index (χ1) is 16.6. The Hall–Kier alpha value is -1.95. The zero-order chi connectivity index (χ0) is 25.2. The molecule has 35 heavy (non-hydrogen) atoms. The van der Waals surface area contributed by atoms with Crippen molar-refractivity contribution < 1.29 is 14.3 Å². The third kappa shape index (κ3) is 6.25. The normalized spacial score (nSPS) is 18.1. The van der Waals surface area contributed by atoms with Crippen LogP contribution < -0.4 is 4.74 Å². The predicted octanol–water partition coefficient (Wildman–Crippen LogP) is 6.76. The average molecular weight is 520 g/mol. The molecule has 2 aliphatic heterocycles. The van der Waals surface area contributed by atoms with E-state index in [-0.39, 0.29) is 17.4 Å². The van der Waals surface area contributed by atoms with E-state index in [0.717, 1.165) is 56.8 Å². The maximum absolute atomic E-state index is 12.6. The maximum atomic E-state index is 12.6. The number of para-hydroxylation sites is 1. The molecule has 2 heterocycles. The van der Waals surface area contributed by atoms with Gasteiger partial charge in [-0.15, -0.1) is 0 Å². The van der Waals surface area contributed by atoms with E-state index in [2.05, 4.69) is 23.1 Å². The van der Waals surface area contributed by atoms with E-state index in [0.29, 0.717) is 16.6 Å². The number of piperidine rings is 1. The number of benzene rings is 2. The minimum absolute atomic E-state index is 0.119. The first-order valence-electron chi connectivity index (χ1n) is 12.4. The molecular weight excluding hydrogens is 483 g/mol. The highest BCUT2D eigenvalue weighted by Gasteiger charge is 2.42. The zero-order valence-electron chi connectivity index (χ0n) is 21.2. The zero-order valence-corrected chi connectivity index (χ0v) is 22.7. The van der Waals surface area contributed by atoms with Gasteiger partial charge in [-0.2, -0.15) is 0 Å². The van der Waals surface area contributed by atoms with E-state index < -0.39 is 5.60 Å². The van der Waals surface area contributed by atoms with Gasteiger partial charge in [-0.1, -0.05) is 47.5 Å². The van der Waals surface area contributed by atoms with Crippen molar-refractivity contribution in [3.8, 4) is 5.75 Å². The van der Waals surface area contributed by atoms with E-state index in [4.69, 9.17) is 32.7 Å². The summed E-state index contributed by atoms with van der Waals surface area (Å²) in [6.07, 6.45) is 2.78. The third-order valence-electron chi connectivity index (χ3n) is 7.18. The molecule has 0 aliphatic carbocycles. The number of fused-ring (bicyclic) bond motifs is 2. The third-order valence-corrected chi connectivity index (χ3v) is 7.92. The van der Waals surface area contributed by atoms with E-state index in [1.807, 2.05) is 45.0 Å². The second kappa shape index (κ2) is 10.6. The standard InChI is InChI=1S/C28H36Cl2N2O3/c1-27(2,3)35-26(33)31(4)18-21(20-9-10-23(29)24(30)17-20)11-14-32-15-12-28(13-16-32)19-34-25-8-6-5-7-22(25)28/h5-10,17,21H,11-16,18-19H2,1-4H3. The molecule has 1 atom stereocenters. The van der Waals surface area contributed by atoms with Crippen LogP contribution in [-0.2, 0) is 10.2 Å². The van der Waals surface area contributed by atoms with Crippen molar-refractivity contribution in [1.29, 1.82) is 0 Å². The lowest BCUT2D eigenvalue weighted by molar-refractivity contribution is 0.0284. The van der Waals surface area contributed by atoms with Crippen molar-refractivity contribution in [3.05, 3.63) is 63.6 Å². The van der Waals surface area contributed by atoms with E-state index in [9.17, 15) is 4.79 Å².